The van der Waals surface area contributed by atoms with Gasteiger partial charge in [-0.25, -0.2) is 13.6 Å². The summed E-state index contributed by atoms with van der Waals surface area (Å²) in [6.07, 6.45) is 1.53. The van der Waals surface area contributed by atoms with Gasteiger partial charge in [-0.15, -0.1) is 11.3 Å². The van der Waals surface area contributed by atoms with E-state index in [0.717, 1.165) is 12.1 Å². The second kappa shape index (κ2) is 5.09. The third-order valence-corrected chi connectivity index (χ3v) is 2.89. The van der Waals surface area contributed by atoms with Crippen molar-refractivity contribution in [2.75, 3.05) is 5.73 Å². The standard InChI is InChI=1S/C11H8F2N2O2S/c12-8-2-10(14)9(13)1-7(8)11(16)17-4-6-3-15-5-18-6/h1-3,5H,4,14H2. The predicted molar refractivity (Wildman–Crippen MR) is 62.0 cm³/mol. The van der Waals surface area contributed by atoms with Crippen LogP contribution in [-0.4, -0.2) is 11.0 Å². The van der Waals surface area contributed by atoms with E-state index in [1.807, 2.05) is 0 Å². The van der Waals surface area contributed by atoms with Crippen molar-refractivity contribution in [2.24, 2.45) is 0 Å². The molecule has 2 N–H and O–H groups in total. The van der Waals surface area contributed by atoms with Crippen LogP contribution in [0.2, 0.25) is 0 Å². The van der Waals surface area contributed by atoms with Crippen LogP contribution in [0.15, 0.2) is 23.8 Å². The third-order valence-electron chi connectivity index (χ3n) is 2.14. The number of carbonyl (C=O) groups is 1. The molecule has 7 heteroatoms. The second-order valence-corrected chi connectivity index (χ2v) is 4.37. The molecule has 0 radical (unpaired) electrons. The highest BCUT2D eigenvalue weighted by Gasteiger charge is 2.16. The van der Waals surface area contributed by atoms with Crippen LogP contribution in [0.3, 0.4) is 0 Å². The molecule has 0 aliphatic carbocycles. The fourth-order valence-corrected chi connectivity index (χ4v) is 1.75. The van der Waals surface area contributed by atoms with E-state index < -0.39 is 23.2 Å². The number of carbonyl (C=O) groups excluding carboxylic acids is 1. The molecule has 18 heavy (non-hydrogen) atoms. The van der Waals surface area contributed by atoms with E-state index in [-0.39, 0.29) is 12.3 Å². The van der Waals surface area contributed by atoms with Crippen LogP contribution in [-0.2, 0) is 11.3 Å². The number of anilines is 1. The fourth-order valence-electron chi connectivity index (χ4n) is 1.25. The minimum absolute atomic E-state index is 0.0328. The van der Waals surface area contributed by atoms with Crippen LogP contribution in [0, 0.1) is 11.6 Å². The van der Waals surface area contributed by atoms with E-state index in [1.165, 1.54) is 17.5 Å². The molecule has 0 saturated carbocycles. The van der Waals surface area contributed by atoms with Crippen LogP contribution < -0.4 is 5.73 Å². The zero-order valence-corrected chi connectivity index (χ0v) is 9.84. The molecule has 0 fully saturated rings. The Hall–Kier alpha value is -2.02. The van der Waals surface area contributed by atoms with Crippen molar-refractivity contribution in [1.82, 2.24) is 4.98 Å². The normalized spacial score (nSPS) is 10.3. The number of nitrogen functional groups attached to an aromatic ring is 1. The van der Waals surface area contributed by atoms with Crippen molar-refractivity contribution in [1.29, 1.82) is 0 Å². The van der Waals surface area contributed by atoms with Gasteiger partial charge in [-0.2, -0.15) is 0 Å². The summed E-state index contributed by atoms with van der Waals surface area (Å²) in [6, 6.07) is 1.47. The number of nitrogens with zero attached hydrogens (tertiary/aromatic N) is 1. The zero-order valence-electron chi connectivity index (χ0n) is 9.02. The first-order valence-corrected chi connectivity index (χ1v) is 5.75. The van der Waals surface area contributed by atoms with Crippen LogP contribution in [0.1, 0.15) is 15.2 Å². The maximum Gasteiger partial charge on any atom is 0.341 e. The molecule has 2 aromatic rings. The van der Waals surface area contributed by atoms with Gasteiger partial charge >= 0.3 is 5.97 Å². The van der Waals surface area contributed by atoms with Crippen molar-refractivity contribution in [3.05, 3.63) is 45.9 Å². The largest absolute Gasteiger partial charge is 0.456 e. The van der Waals surface area contributed by atoms with E-state index in [0.29, 0.717) is 4.88 Å². The topological polar surface area (TPSA) is 65.2 Å². The first-order valence-electron chi connectivity index (χ1n) is 4.87. The molecule has 4 nitrogen and oxygen atoms in total. The Morgan fingerprint density at radius 1 is 1.39 bits per heavy atom. The number of hydrogen-bond acceptors (Lipinski definition) is 5. The van der Waals surface area contributed by atoms with Crippen molar-refractivity contribution < 1.29 is 18.3 Å². The highest BCUT2D eigenvalue weighted by molar-refractivity contribution is 7.09. The maximum atomic E-state index is 13.4. The smallest absolute Gasteiger partial charge is 0.341 e. The maximum absolute atomic E-state index is 13.4. The molecule has 0 saturated heterocycles. The number of hydrogen-bond donors (Lipinski definition) is 1. The minimum atomic E-state index is -0.945. The first kappa shape index (κ1) is 12.4. The van der Waals surface area contributed by atoms with E-state index in [9.17, 15) is 13.6 Å². The van der Waals surface area contributed by atoms with Gasteiger partial charge in [0.1, 0.15) is 18.2 Å². The van der Waals surface area contributed by atoms with Gasteiger partial charge in [0, 0.05) is 12.3 Å². The Labute approximate surface area is 105 Å². The second-order valence-electron chi connectivity index (χ2n) is 3.40. The molecule has 1 aromatic heterocycles. The highest BCUT2D eigenvalue weighted by Crippen LogP contribution is 2.18. The fraction of sp³-hybridized carbons (Fsp3) is 0.0909. The number of aromatic nitrogens is 1. The molecule has 0 unspecified atom stereocenters. The summed E-state index contributed by atoms with van der Waals surface area (Å²) in [6.45, 7) is -0.0328. The molecule has 0 bridgehead atoms. The van der Waals surface area contributed by atoms with Gasteiger partial charge in [-0.05, 0) is 6.07 Å². The molecule has 0 spiro atoms. The SMILES string of the molecule is Nc1cc(F)c(C(=O)OCc2cncs2)cc1F. The van der Waals surface area contributed by atoms with Gasteiger partial charge in [-0.3, -0.25) is 4.98 Å². The molecule has 0 atom stereocenters. The van der Waals surface area contributed by atoms with Crippen LogP contribution in [0.25, 0.3) is 0 Å². The lowest BCUT2D eigenvalue weighted by Crippen LogP contribution is -2.08. The number of esters is 1. The predicted octanol–water partition coefficient (Wildman–Crippen LogP) is 2.36. The lowest BCUT2D eigenvalue weighted by Gasteiger charge is -2.05. The Kier molecular flexibility index (Phi) is 3.52. The molecular formula is C11H8F2N2O2S. The van der Waals surface area contributed by atoms with Gasteiger partial charge in [-0.1, -0.05) is 0 Å². The average molecular weight is 270 g/mol. The van der Waals surface area contributed by atoms with Crippen molar-refractivity contribution >= 4 is 23.0 Å². The third kappa shape index (κ3) is 2.62. The van der Waals surface area contributed by atoms with Crippen LogP contribution in [0.4, 0.5) is 14.5 Å². The number of ether oxygens (including phenoxy) is 1. The molecular weight excluding hydrogens is 262 g/mol. The lowest BCUT2D eigenvalue weighted by atomic mass is 10.2. The summed E-state index contributed by atoms with van der Waals surface area (Å²) < 4.78 is 31.3. The van der Waals surface area contributed by atoms with Crippen molar-refractivity contribution in [2.45, 2.75) is 6.61 Å². The summed E-state index contributed by atoms with van der Waals surface area (Å²) >= 11 is 1.29. The molecule has 2 rings (SSSR count). The monoisotopic (exact) mass is 270 g/mol. The molecule has 1 heterocycles. The Morgan fingerprint density at radius 2 is 2.17 bits per heavy atom. The average Bonchev–Trinajstić information content (AvgIpc) is 2.84. The number of nitrogens with two attached hydrogens (primary N) is 1. The van der Waals surface area contributed by atoms with Gasteiger partial charge in [0.2, 0.25) is 0 Å². The Balaban J connectivity index is 2.11. The lowest BCUT2D eigenvalue weighted by molar-refractivity contribution is 0.0470. The number of halogens is 2. The summed E-state index contributed by atoms with van der Waals surface area (Å²) in [7, 11) is 0. The molecule has 94 valence electrons. The number of thiazole rings is 1. The van der Waals surface area contributed by atoms with E-state index in [4.69, 9.17) is 10.5 Å². The van der Waals surface area contributed by atoms with Crippen molar-refractivity contribution in [3.8, 4) is 0 Å². The van der Waals surface area contributed by atoms with Crippen molar-refractivity contribution in [3.63, 3.8) is 0 Å². The first-order chi connectivity index (χ1) is 8.58. The summed E-state index contributed by atoms with van der Waals surface area (Å²) in [5, 5.41) is 0. The molecule has 0 aliphatic rings. The Bertz CT molecular complexity index is 573. The summed E-state index contributed by atoms with van der Waals surface area (Å²) in [5.74, 6) is -2.72. The van der Waals surface area contributed by atoms with Crippen LogP contribution >= 0.6 is 11.3 Å². The van der Waals surface area contributed by atoms with Crippen LogP contribution in [0.5, 0.6) is 0 Å². The zero-order chi connectivity index (χ0) is 13.1. The molecule has 0 amide bonds. The van der Waals surface area contributed by atoms with Gasteiger partial charge in [0.05, 0.1) is 21.6 Å². The van der Waals surface area contributed by atoms with Gasteiger partial charge in [0.15, 0.2) is 0 Å². The van der Waals surface area contributed by atoms with E-state index >= 15 is 0 Å². The summed E-state index contributed by atoms with van der Waals surface area (Å²) in [4.78, 5) is 16.0. The van der Waals surface area contributed by atoms with E-state index in [1.54, 1.807) is 5.51 Å². The number of rotatable bonds is 3. The number of benzene rings is 1. The van der Waals surface area contributed by atoms with Gasteiger partial charge < -0.3 is 10.5 Å². The Morgan fingerprint density at radius 3 is 2.83 bits per heavy atom. The minimum Gasteiger partial charge on any atom is -0.456 e. The quantitative estimate of drug-likeness (QED) is 0.687. The van der Waals surface area contributed by atoms with E-state index in [2.05, 4.69) is 4.98 Å². The summed E-state index contributed by atoms with van der Waals surface area (Å²) in [5.41, 5.74) is 5.91. The molecule has 1 aromatic carbocycles. The highest BCUT2D eigenvalue weighted by atomic mass is 32.1. The molecule has 0 aliphatic heterocycles. The van der Waals surface area contributed by atoms with Gasteiger partial charge in [0.25, 0.3) is 0 Å².